The molecule has 1 aromatic carbocycles. The van der Waals surface area contributed by atoms with E-state index in [0.29, 0.717) is 31.6 Å². The standard InChI is InChI=1S/C20H25N3O5S/c1-13-17(14(2)23(22-13)16-7-8-29(25,26)11-16)4-6-20(24)21-10-15-3-5-18-19(9-15)28-12-27-18/h3,5,9,16H,4,6-8,10-12H2,1-2H3,(H,21,24)/t16-/m0/s1. The minimum atomic E-state index is -2.97. The second kappa shape index (κ2) is 7.70. The maximum absolute atomic E-state index is 12.3. The molecule has 0 aliphatic carbocycles. The zero-order valence-electron chi connectivity index (χ0n) is 16.6. The maximum atomic E-state index is 12.3. The Morgan fingerprint density at radius 1 is 1.28 bits per heavy atom. The minimum absolute atomic E-state index is 0.0438. The van der Waals surface area contributed by atoms with Gasteiger partial charge in [-0.3, -0.25) is 9.48 Å². The van der Waals surface area contributed by atoms with Gasteiger partial charge in [0, 0.05) is 18.7 Å². The fraction of sp³-hybridized carbons (Fsp3) is 0.500. The van der Waals surface area contributed by atoms with Gasteiger partial charge in [0.25, 0.3) is 0 Å². The van der Waals surface area contributed by atoms with Crippen molar-refractivity contribution < 1.29 is 22.7 Å². The third-order valence-electron chi connectivity index (χ3n) is 5.56. The number of hydrogen-bond acceptors (Lipinski definition) is 6. The van der Waals surface area contributed by atoms with E-state index >= 15 is 0 Å². The maximum Gasteiger partial charge on any atom is 0.231 e. The van der Waals surface area contributed by atoms with E-state index in [1.165, 1.54) is 0 Å². The molecule has 2 aliphatic rings. The Labute approximate surface area is 170 Å². The molecule has 1 atom stereocenters. The van der Waals surface area contributed by atoms with Gasteiger partial charge in [0.05, 0.1) is 23.2 Å². The molecule has 1 N–H and O–H groups in total. The summed E-state index contributed by atoms with van der Waals surface area (Å²) in [6.45, 7) is 4.51. The molecule has 0 saturated carbocycles. The lowest BCUT2D eigenvalue weighted by atomic mass is 10.1. The number of amides is 1. The third-order valence-corrected chi connectivity index (χ3v) is 7.31. The molecule has 2 aliphatic heterocycles. The van der Waals surface area contributed by atoms with Crippen LogP contribution in [0.3, 0.4) is 0 Å². The second-order valence-corrected chi connectivity index (χ2v) is 9.84. The van der Waals surface area contributed by atoms with Gasteiger partial charge in [0.1, 0.15) is 0 Å². The topological polar surface area (TPSA) is 99.5 Å². The zero-order chi connectivity index (χ0) is 20.6. The number of carbonyl (C=O) groups excluding carboxylic acids is 1. The summed E-state index contributed by atoms with van der Waals surface area (Å²) >= 11 is 0. The molecule has 0 radical (unpaired) electrons. The first-order valence-electron chi connectivity index (χ1n) is 9.72. The molecule has 0 bridgehead atoms. The van der Waals surface area contributed by atoms with Crippen LogP contribution in [0.15, 0.2) is 18.2 Å². The van der Waals surface area contributed by atoms with E-state index in [4.69, 9.17) is 9.47 Å². The molecule has 1 fully saturated rings. The van der Waals surface area contributed by atoms with E-state index in [0.717, 1.165) is 28.3 Å². The highest BCUT2D eigenvalue weighted by atomic mass is 32.2. The van der Waals surface area contributed by atoms with E-state index in [2.05, 4.69) is 10.4 Å². The van der Waals surface area contributed by atoms with Crippen molar-refractivity contribution in [3.8, 4) is 11.5 Å². The summed E-state index contributed by atoms with van der Waals surface area (Å²) in [5.74, 6) is 1.73. The molecule has 156 valence electrons. The van der Waals surface area contributed by atoms with E-state index in [1.54, 1.807) is 0 Å². The third kappa shape index (κ3) is 4.24. The van der Waals surface area contributed by atoms with E-state index < -0.39 is 9.84 Å². The molecule has 4 rings (SSSR count). The number of aromatic nitrogens is 2. The van der Waals surface area contributed by atoms with Crippen LogP contribution in [0.1, 0.15) is 41.4 Å². The highest BCUT2D eigenvalue weighted by Crippen LogP contribution is 2.32. The molecule has 3 heterocycles. The van der Waals surface area contributed by atoms with Crippen molar-refractivity contribution >= 4 is 15.7 Å². The predicted molar refractivity (Wildman–Crippen MR) is 107 cm³/mol. The predicted octanol–water partition coefficient (Wildman–Crippen LogP) is 1.84. The van der Waals surface area contributed by atoms with Crippen LogP contribution < -0.4 is 14.8 Å². The number of carbonyl (C=O) groups is 1. The van der Waals surface area contributed by atoms with Gasteiger partial charge in [-0.25, -0.2) is 8.42 Å². The van der Waals surface area contributed by atoms with Crippen LogP contribution in [0, 0.1) is 13.8 Å². The zero-order valence-corrected chi connectivity index (χ0v) is 17.4. The Morgan fingerprint density at radius 3 is 2.83 bits per heavy atom. The number of nitrogens with zero attached hydrogens (tertiary/aromatic N) is 2. The summed E-state index contributed by atoms with van der Waals surface area (Å²) in [6.07, 6.45) is 1.52. The lowest BCUT2D eigenvalue weighted by Gasteiger charge is -2.11. The Balaban J connectivity index is 1.33. The van der Waals surface area contributed by atoms with Crippen molar-refractivity contribution in [3.63, 3.8) is 0 Å². The van der Waals surface area contributed by atoms with Gasteiger partial charge in [0.15, 0.2) is 21.3 Å². The molecular formula is C20H25N3O5S. The molecule has 8 nitrogen and oxygen atoms in total. The molecular weight excluding hydrogens is 394 g/mol. The summed E-state index contributed by atoms with van der Waals surface area (Å²) in [6, 6.07) is 5.51. The second-order valence-electron chi connectivity index (χ2n) is 7.62. The molecule has 1 saturated heterocycles. The molecule has 29 heavy (non-hydrogen) atoms. The van der Waals surface area contributed by atoms with Gasteiger partial charge < -0.3 is 14.8 Å². The molecule has 0 spiro atoms. The quantitative estimate of drug-likeness (QED) is 0.767. The first-order valence-corrected chi connectivity index (χ1v) is 11.5. The van der Waals surface area contributed by atoms with Crippen LogP contribution in [-0.2, 0) is 27.6 Å². The summed E-state index contributed by atoms with van der Waals surface area (Å²) in [4.78, 5) is 12.3. The summed E-state index contributed by atoms with van der Waals surface area (Å²) < 4.78 is 36.0. The molecule has 9 heteroatoms. The van der Waals surface area contributed by atoms with Gasteiger partial charge in [-0.1, -0.05) is 6.07 Å². The Kier molecular flexibility index (Phi) is 5.24. The van der Waals surface area contributed by atoms with Gasteiger partial charge in [-0.2, -0.15) is 5.10 Å². The fourth-order valence-corrected chi connectivity index (χ4v) is 5.65. The van der Waals surface area contributed by atoms with Crippen LogP contribution in [0.4, 0.5) is 0 Å². The normalized spacial score (nSPS) is 19.4. The highest BCUT2D eigenvalue weighted by molar-refractivity contribution is 7.91. The average molecular weight is 420 g/mol. The van der Waals surface area contributed by atoms with Crippen LogP contribution in [0.2, 0.25) is 0 Å². The van der Waals surface area contributed by atoms with Crippen molar-refractivity contribution in [1.82, 2.24) is 15.1 Å². The summed E-state index contributed by atoms with van der Waals surface area (Å²) in [7, 11) is -2.97. The lowest BCUT2D eigenvalue weighted by molar-refractivity contribution is -0.121. The monoisotopic (exact) mass is 419 g/mol. The van der Waals surface area contributed by atoms with Gasteiger partial charge in [-0.15, -0.1) is 0 Å². The number of sulfone groups is 1. The largest absolute Gasteiger partial charge is 0.454 e. The fourth-order valence-electron chi connectivity index (χ4n) is 3.96. The lowest BCUT2D eigenvalue weighted by Crippen LogP contribution is -2.23. The number of benzene rings is 1. The van der Waals surface area contributed by atoms with Crippen molar-refractivity contribution in [2.45, 2.75) is 45.7 Å². The number of aryl methyl sites for hydroxylation is 1. The van der Waals surface area contributed by atoms with Crippen molar-refractivity contribution in [1.29, 1.82) is 0 Å². The number of ether oxygens (including phenoxy) is 2. The molecule has 0 unspecified atom stereocenters. The summed E-state index contributed by atoms with van der Waals surface area (Å²) in [5.41, 5.74) is 3.78. The van der Waals surface area contributed by atoms with Gasteiger partial charge in [-0.05, 0) is 49.9 Å². The Bertz CT molecular complexity index is 1040. The molecule has 2 aromatic rings. The van der Waals surface area contributed by atoms with Crippen LogP contribution in [0.25, 0.3) is 0 Å². The Hall–Kier alpha value is -2.55. The number of nitrogens with one attached hydrogen (secondary N) is 1. The summed E-state index contributed by atoms with van der Waals surface area (Å²) in [5, 5.41) is 7.49. The first-order chi connectivity index (χ1) is 13.8. The van der Waals surface area contributed by atoms with E-state index in [-0.39, 0.29) is 30.2 Å². The smallest absolute Gasteiger partial charge is 0.231 e. The first kappa shape index (κ1) is 19.8. The SMILES string of the molecule is Cc1nn([C@H]2CCS(=O)(=O)C2)c(C)c1CCC(=O)NCc1ccc2c(c1)OCO2. The van der Waals surface area contributed by atoms with E-state index in [9.17, 15) is 13.2 Å². The van der Waals surface area contributed by atoms with Crippen LogP contribution in [-0.4, -0.2) is 42.4 Å². The van der Waals surface area contributed by atoms with Gasteiger partial charge in [0.2, 0.25) is 12.7 Å². The number of rotatable bonds is 6. The Morgan fingerprint density at radius 2 is 2.07 bits per heavy atom. The highest BCUT2D eigenvalue weighted by Gasteiger charge is 2.31. The molecule has 1 aromatic heterocycles. The van der Waals surface area contributed by atoms with Crippen molar-refractivity contribution in [3.05, 3.63) is 40.7 Å². The van der Waals surface area contributed by atoms with Crippen molar-refractivity contribution in [2.24, 2.45) is 0 Å². The number of fused-ring (bicyclic) bond motifs is 1. The van der Waals surface area contributed by atoms with Gasteiger partial charge >= 0.3 is 0 Å². The molecule has 1 amide bonds. The number of hydrogen-bond donors (Lipinski definition) is 1. The van der Waals surface area contributed by atoms with Crippen molar-refractivity contribution in [2.75, 3.05) is 18.3 Å². The average Bonchev–Trinajstić information content (AvgIpc) is 3.36. The van der Waals surface area contributed by atoms with E-state index in [1.807, 2.05) is 36.7 Å². The van der Waals surface area contributed by atoms with Crippen LogP contribution >= 0.6 is 0 Å². The minimum Gasteiger partial charge on any atom is -0.454 e. The van der Waals surface area contributed by atoms with Crippen LogP contribution in [0.5, 0.6) is 11.5 Å².